The van der Waals surface area contributed by atoms with Crippen LogP contribution in [0.4, 0.5) is 5.69 Å². The van der Waals surface area contributed by atoms with E-state index in [0.717, 1.165) is 38.8 Å². The van der Waals surface area contributed by atoms with Crippen molar-refractivity contribution in [3.05, 3.63) is 63.6 Å². The maximum absolute atomic E-state index is 13.1. The van der Waals surface area contributed by atoms with Crippen molar-refractivity contribution < 1.29 is 14.4 Å². The van der Waals surface area contributed by atoms with Crippen molar-refractivity contribution in [3.63, 3.8) is 0 Å². The first-order valence-corrected chi connectivity index (χ1v) is 12.1. The van der Waals surface area contributed by atoms with Crippen molar-refractivity contribution in [2.75, 3.05) is 31.5 Å². The van der Waals surface area contributed by atoms with Crippen LogP contribution in [-0.4, -0.2) is 53.7 Å². The SMILES string of the molecule is O=C(Nc1cc(Cl)ccc1C(=O)N1CCCCC1)C1CCCN(C(=O)c2ccc(Cl)cc2)C1. The molecule has 174 valence electrons. The number of nitrogens with zero attached hydrogens (tertiary/aromatic N) is 2. The summed E-state index contributed by atoms with van der Waals surface area (Å²) in [5.41, 5.74) is 1.41. The molecule has 1 N–H and O–H groups in total. The number of hydrogen-bond acceptors (Lipinski definition) is 3. The monoisotopic (exact) mass is 487 g/mol. The van der Waals surface area contributed by atoms with E-state index < -0.39 is 0 Å². The lowest BCUT2D eigenvalue weighted by molar-refractivity contribution is -0.121. The summed E-state index contributed by atoms with van der Waals surface area (Å²) in [6.45, 7) is 2.36. The smallest absolute Gasteiger partial charge is 0.255 e. The molecule has 8 heteroatoms. The van der Waals surface area contributed by atoms with Crippen molar-refractivity contribution in [2.24, 2.45) is 5.92 Å². The van der Waals surface area contributed by atoms with Crippen LogP contribution in [-0.2, 0) is 4.79 Å². The van der Waals surface area contributed by atoms with E-state index in [1.165, 1.54) is 0 Å². The molecule has 3 amide bonds. The molecule has 0 aromatic heterocycles. The molecule has 2 fully saturated rings. The number of hydrogen-bond donors (Lipinski definition) is 1. The number of rotatable bonds is 4. The van der Waals surface area contributed by atoms with Crippen molar-refractivity contribution in [3.8, 4) is 0 Å². The van der Waals surface area contributed by atoms with Gasteiger partial charge in [0.25, 0.3) is 11.8 Å². The molecule has 0 saturated carbocycles. The molecule has 1 unspecified atom stereocenters. The van der Waals surface area contributed by atoms with E-state index in [-0.39, 0.29) is 23.6 Å². The molecule has 1 atom stereocenters. The Kier molecular flexibility index (Phi) is 7.56. The Labute approximate surface area is 203 Å². The van der Waals surface area contributed by atoms with Crippen LogP contribution in [0.3, 0.4) is 0 Å². The summed E-state index contributed by atoms with van der Waals surface area (Å²) in [4.78, 5) is 42.6. The van der Waals surface area contributed by atoms with Gasteiger partial charge in [-0.25, -0.2) is 0 Å². The summed E-state index contributed by atoms with van der Waals surface area (Å²) in [7, 11) is 0. The Morgan fingerprint density at radius 3 is 2.18 bits per heavy atom. The van der Waals surface area contributed by atoms with Crippen LogP contribution in [0.25, 0.3) is 0 Å². The van der Waals surface area contributed by atoms with Crippen LogP contribution in [0, 0.1) is 5.92 Å². The predicted octanol–water partition coefficient (Wildman–Crippen LogP) is 5.11. The summed E-state index contributed by atoms with van der Waals surface area (Å²) >= 11 is 12.1. The molecule has 0 aliphatic carbocycles. The van der Waals surface area contributed by atoms with E-state index in [2.05, 4.69) is 5.32 Å². The molecular weight excluding hydrogens is 461 g/mol. The van der Waals surface area contributed by atoms with Gasteiger partial charge in [0, 0.05) is 41.8 Å². The van der Waals surface area contributed by atoms with Crippen molar-refractivity contribution in [1.82, 2.24) is 9.80 Å². The van der Waals surface area contributed by atoms with E-state index in [0.29, 0.717) is 46.4 Å². The summed E-state index contributed by atoms with van der Waals surface area (Å²) in [5, 5.41) is 3.94. The topological polar surface area (TPSA) is 69.7 Å². The Morgan fingerprint density at radius 1 is 0.788 bits per heavy atom. The second-order valence-electron chi connectivity index (χ2n) is 8.63. The van der Waals surface area contributed by atoms with Crippen LogP contribution in [0.5, 0.6) is 0 Å². The number of carbonyl (C=O) groups excluding carboxylic acids is 3. The Hall–Kier alpha value is -2.57. The normalized spacial score (nSPS) is 18.7. The number of nitrogens with one attached hydrogen (secondary N) is 1. The van der Waals surface area contributed by atoms with Gasteiger partial charge in [-0.3, -0.25) is 14.4 Å². The first kappa shape index (κ1) is 23.6. The summed E-state index contributed by atoms with van der Waals surface area (Å²) in [6, 6.07) is 11.7. The van der Waals surface area contributed by atoms with Gasteiger partial charge in [-0.2, -0.15) is 0 Å². The Balaban J connectivity index is 1.46. The molecule has 0 spiro atoms. The quantitative estimate of drug-likeness (QED) is 0.651. The van der Waals surface area contributed by atoms with Gasteiger partial charge < -0.3 is 15.1 Å². The molecule has 4 rings (SSSR count). The molecule has 0 radical (unpaired) electrons. The van der Waals surface area contributed by atoms with Crippen molar-refractivity contribution >= 4 is 46.6 Å². The molecule has 6 nitrogen and oxygen atoms in total. The van der Waals surface area contributed by atoms with Gasteiger partial charge in [0.2, 0.25) is 5.91 Å². The van der Waals surface area contributed by atoms with Crippen molar-refractivity contribution in [2.45, 2.75) is 32.1 Å². The highest BCUT2D eigenvalue weighted by Crippen LogP contribution is 2.26. The standard InChI is InChI=1S/C25H27Cl2N3O3/c26-19-8-6-17(7-9-19)24(32)30-14-4-5-18(16-30)23(31)28-22-15-20(27)10-11-21(22)25(33)29-12-2-1-3-13-29/h6-11,15,18H,1-5,12-14,16H2,(H,28,31). The maximum Gasteiger partial charge on any atom is 0.255 e. The van der Waals surface area contributed by atoms with Gasteiger partial charge in [0.15, 0.2) is 0 Å². The Morgan fingerprint density at radius 2 is 1.45 bits per heavy atom. The minimum Gasteiger partial charge on any atom is -0.339 e. The summed E-state index contributed by atoms with van der Waals surface area (Å²) in [6.07, 6.45) is 4.50. The highest BCUT2D eigenvalue weighted by molar-refractivity contribution is 6.31. The van der Waals surface area contributed by atoms with Gasteiger partial charge in [-0.1, -0.05) is 23.2 Å². The molecule has 0 bridgehead atoms. The number of halogens is 2. The van der Waals surface area contributed by atoms with E-state index in [4.69, 9.17) is 23.2 Å². The van der Waals surface area contributed by atoms with Crippen LogP contribution in [0.1, 0.15) is 52.8 Å². The first-order chi connectivity index (χ1) is 15.9. The number of amides is 3. The van der Waals surface area contributed by atoms with E-state index in [1.807, 2.05) is 4.90 Å². The van der Waals surface area contributed by atoms with Gasteiger partial charge in [0.1, 0.15) is 0 Å². The minimum atomic E-state index is -0.369. The fraction of sp³-hybridized carbons (Fsp3) is 0.400. The molecule has 2 heterocycles. The number of likely N-dealkylation sites (tertiary alicyclic amines) is 2. The maximum atomic E-state index is 13.1. The van der Waals surface area contributed by atoms with Crippen LogP contribution in [0.15, 0.2) is 42.5 Å². The van der Waals surface area contributed by atoms with E-state index in [1.54, 1.807) is 47.4 Å². The second kappa shape index (κ2) is 10.6. The molecular formula is C25H27Cl2N3O3. The van der Waals surface area contributed by atoms with Gasteiger partial charge in [0.05, 0.1) is 17.2 Å². The number of anilines is 1. The Bertz CT molecular complexity index is 1040. The average Bonchev–Trinajstić information content (AvgIpc) is 2.84. The van der Waals surface area contributed by atoms with Crippen molar-refractivity contribution in [1.29, 1.82) is 0 Å². The number of piperidine rings is 2. The van der Waals surface area contributed by atoms with E-state index >= 15 is 0 Å². The molecule has 2 aromatic rings. The molecule has 2 saturated heterocycles. The fourth-order valence-corrected chi connectivity index (χ4v) is 4.76. The zero-order valence-corrected chi connectivity index (χ0v) is 19.9. The van der Waals surface area contributed by atoms with Gasteiger partial charge in [-0.15, -0.1) is 0 Å². The lowest BCUT2D eigenvalue weighted by Gasteiger charge is -2.32. The number of benzene rings is 2. The highest BCUT2D eigenvalue weighted by atomic mass is 35.5. The summed E-state index contributed by atoms with van der Waals surface area (Å²) < 4.78 is 0. The van der Waals surface area contributed by atoms with Crippen LogP contribution >= 0.6 is 23.2 Å². The minimum absolute atomic E-state index is 0.0927. The lowest BCUT2D eigenvalue weighted by atomic mass is 9.96. The third kappa shape index (κ3) is 5.68. The van der Waals surface area contributed by atoms with E-state index in [9.17, 15) is 14.4 Å². The second-order valence-corrected chi connectivity index (χ2v) is 9.50. The third-order valence-electron chi connectivity index (χ3n) is 6.28. The largest absolute Gasteiger partial charge is 0.339 e. The van der Waals surface area contributed by atoms with Gasteiger partial charge >= 0.3 is 0 Å². The third-order valence-corrected chi connectivity index (χ3v) is 6.77. The zero-order valence-electron chi connectivity index (χ0n) is 18.4. The molecule has 33 heavy (non-hydrogen) atoms. The first-order valence-electron chi connectivity index (χ1n) is 11.4. The molecule has 2 aromatic carbocycles. The number of carbonyl (C=O) groups is 3. The molecule has 2 aliphatic rings. The zero-order chi connectivity index (χ0) is 23.4. The highest BCUT2D eigenvalue weighted by Gasteiger charge is 2.30. The summed E-state index contributed by atoms with van der Waals surface area (Å²) in [5.74, 6) is -0.789. The van der Waals surface area contributed by atoms with Crippen LogP contribution in [0.2, 0.25) is 10.0 Å². The lowest BCUT2D eigenvalue weighted by Crippen LogP contribution is -2.44. The van der Waals surface area contributed by atoms with Gasteiger partial charge in [-0.05, 0) is 74.6 Å². The predicted molar refractivity (Wildman–Crippen MR) is 130 cm³/mol. The molecule has 2 aliphatic heterocycles. The van der Waals surface area contributed by atoms with Crippen LogP contribution < -0.4 is 5.32 Å². The fourth-order valence-electron chi connectivity index (χ4n) is 4.46. The average molecular weight is 488 g/mol.